The molecule has 1 aliphatic heterocycles. The van der Waals surface area contributed by atoms with E-state index >= 15 is 0 Å². The molecule has 1 saturated heterocycles. The second-order valence-corrected chi connectivity index (χ2v) is 5.29. The second-order valence-electron chi connectivity index (χ2n) is 5.29. The van der Waals surface area contributed by atoms with Crippen LogP contribution in [0, 0.1) is 12.7 Å². The third-order valence-electron chi connectivity index (χ3n) is 3.45. The Hall–Kier alpha value is -2.89. The normalized spacial score (nSPS) is 15.6. The lowest BCUT2D eigenvalue weighted by atomic mass is 10.2. The summed E-state index contributed by atoms with van der Waals surface area (Å²) in [5, 5.41) is 5.84. The van der Waals surface area contributed by atoms with Gasteiger partial charge in [0.2, 0.25) is 5.96 Å². The maximum Gasteiger partial charge on any atom is 0.328 e. The predicted octanol–water partition coefficient (Wildman–Crippen LogP) is 3.26. The van der Waals surface area contributed by atoms with Gasteiger partial charge in [-0.1, -0.05) is 12.1 Å². The number of aryl methyl sites for hydroxylation is 1. The number of nitrogens with zero attached hydrogens (tertiary/aromatic N) is 2. The first-order chi connectivity index (χ1) is 11.1. The average molecular weight is 312 g/mol. The molecule has 118 valence electrons. The molecule has 0 aliphatic carbocycles. The highest BCUT2D eigenvalue weighted by Gasteiger charge is 2.24. The Balaban J connectivity index is 1.75. The van der Waals surface area contributed by atoms with Crippen molar-refractivity contribution in [2.24, 2.45) is 4.99 Å². The van der Waals surface area contributed by atoms with Crippen molar-refractivity contribution < 1.29 is 9.18 Å². The number of carbonyl (C=O) groups is 1. The number of halogens is 1. The van der Waals surface area contributed by atoms with E-state index in [9.17, 15) is 9.18 Å². The van der Waals surface area contributed by atoms with Crippen LogP contribution in [-0.2, 0) is 0 Å². The van der Waals surface area contributed by atoms with Gasteiger partial charge < -0.3 is 10.6 Å². The van der Waals surface area contributed by atoms with E-state index in [1.807, 2.05) is 31.2 Å². The maximum absolute atomic E-state index is 12.9. The van der Waals surface area contributed by atoms with Crippen molar-refractivity contribution in [3.05, 3.63) is 59.9 Å². The molecule has 2 N–H and O–H groups in total. The first-order valence-corrected chi connectivity index (χ1v) is 7.35. The molecule has 2 aromatic rings. The van der Waals surface area contributed by atoms with E-state index in [0.29, 0.717) is 24.7 Å². The molecule has 23 heavy (non-hydrogen) atoms. The van der Waals surface area contributed by atoms with Gasteiger partial charge in [0.05, 0.1) is 5.69 Å². The summed E-state index contributed by atoms with van der Waals surface area (Å²) in [7, 11) is 0. The summed E-state index contributed by atoms with van der Waals surface area (Å²) in [6.07, 6.45) is 0. The van der Waals surface area contributed by atoms with Crippen molar-refractivity contribution in [3.8, 4) is 0 Å². The number of nitrogens with one attached hydrogen (secondary N) is 2. The van der Waals surface area contributed by atoms with Gasteiger partial charge >= 0.3 is 6.03 Å². The van der Waals surface area contributed by atoms with Crippen LogP contribution in [0.2, 0.25) is 0 Å². The largest absolute Gasteiger partial charge is 0.354 e. The van der Waals surface area contributed by atoms with Gasteiger partial charge in [0.15, 0.2) is 0 Å². The molecule has 1 aliphatic rings. The minimum absolute atomic E-state index is 0.298. The van der Waals surface area contributed by atoms with Crippen LogP contribution < -0.4 is 10.6 Å². The molecule has 0 radical (unpaired) electrons. The molecule has 0 saturated carbocycles. The highest BCUT2D eigenvalue weighted by Crippen LogP contribution is 2.16. The van der Waals surface area contributed by atoms with Gasteiger partial charge in [-0.2, -0.15) is 0 Å². The van der Waals surface area contributed by atoms with Gasteiger partial charge in [-0.15, -0.1) is 0 Å². The molecule has 2 aromatic carbocycles. The van der Waals surface area contributed by atoms with Crippen LogP contribution in [-0.4, -0.2) is 30.0 Å². The van der Waals surface area contributed by atoms with Crippen molar-refractivity contribution in [2.45, 2.75) is 6.92 Å². The number of benzene rings is 2. The van der Waals surface area contributed by atoms with E-state index in [1.165, 1.54) is 29.2 Å². The molecule has 0 atom stereocenters. The molecule has 0 aromatic heterocycles. The van der Waals surface area contributed by atoms with Crippen LogP contribution in [0.25, 0.3) is 0 Å². The zero-order valence-corrected chi connectivity index (χ0v) is 12.7. The molecule has 0 unspecified atom stereocenters. The highest BCUT2D eigenvalue weighted by molar-refractivity contribution is 6.04. The van der Waals surface area contributed by atoms with E-state index < -0.39 is 0 Å². The zero-order chi connectivity index (χ0) is 16.2. The first-order valence-electron chi connectivity index (χ1n) is 7.35. The fourth-order valence-electron chi connectivity index (χ4n) is 2.32. The fourth-order valence-corrected chi connectivity index (χ4v) is 2.32. The molecule has 2 amide bonds. The number of hydrogen-bond acceptors (Lipinski definition) is 2. The van der Waals surface area contributed by atoms with Crippen molar-refractivity contribution in [2.75, 3.05) is 18.4 Å². The minimum Gasteiger partial charge on any atom is -0.354 e. The number of rotatable bonds is 2. The van der Waals surface area contributed by atoms with Crippen LogP contribution in [0.5, 0.6) is 0 Å². The van der Waals surface area contributed by atoms with E-state index in [0.717, 1.165) is 11.3 Å². The summed E-state index contributed by atoms with van der Waals surface area (Å²) in [5.41, 5.74) is 2.43. The number of hydrogen-bond donors (Lipinski definition) is 2. The molecule has 3 rings (SSSR count). The quantitative estimate of drug-likeness (QED) is 0.894. The molecule has 0 bridgehead atoms. The molecule has 6 heteroatoms. The molecule has 1 heterocycles. The third-order valence-corrected chi connectivity index (χ3v) is 3.45. The lowest BCUT2D eigenvalue weighted by Crippen LogP contribution is -2.38. The lowest BCUT2D eigenvalue weighted by Gasteiger charge is -2.16. The number of amides is 2. The minimum atomic E-state index is -0.340. The number of aliphatic imine (C=N–C) groups is 1. The smallest absolute Gasteiger partial charge is 0.328 e. The number of urea groups is 1. The average Bonchev–Trinajstić information content (AvgIpc) is 2.98. The Morgan fingerprint density at radius 3 is 2.78 bits per heavy atom. The van der Waals surface area contributed by atoms with Gasteiger partial charge in [-0.3, -0.25) is 4.90 Å². The topological polar surface area (TPSA) is 56.7 Å². The molecule has 5 nitrogen and oxygen atoms in total. The summed E-state index contributed by atoms with van der Waals surface area (Å²) in [5.74, 6) is 0.169. The van der Waals surface area contributed by atoms with Crippen molar-refractivity contribution in [1.29, 1.82) is 0 Å². The van der Waals surface area contributed by atoms with Gasteiger partial charge in [0, 0.05) is 18.8 Å². The van der Waals surface area contributed by atoms with E-state index in [1.54, 1.807) is 0 Å². The van der Waals surface area contributed by atoms with Crippen LogP contribution in [0.15, 0.2) is 53.5 Å². The maximum atomic E-state index is 12.9. The van der Waals surface area contributed by atoms with Gasteiger partial charge in [0.25, 0.3) is 0 Å². The number of anilines is 1. The molecular weight excluding hydrogens is 295 g/mol. The van der Waals surface area contributed by atoms with Crippen LogP contribution in [0.3, 0.4) is 0 Å². The Bertz CT molecular complexity index is 743. The Kier molecular flexibility index (Phi) is 4.23. The fraction of sp³-hybridized carbons (Fsp3) is 0.176. The van der Waals surface area contributed by atoms with Crippen molar-refractivity contribution >= 4 is 23.4 Å². The van der Waals surface area contributed by atoms with E-state index in [2.05, 4.69) is 15.6 Å². The zero-order valence-electron chi connectivity index (χ0n) is 12.7. The third kappa shape index (κ3) is 3.66. The summed E-state index contributed by atoms with van der Waals surface area (Å²) in [4.78, 5) is 18.4. The molecular formula is C17H17FN4O. The van der Waals surface area contributed by atoms with Gasteiger partial charge in [-0.25, -0.2) is 14.2 Å². The highest BCUT2D eigenvalue weighted by atomic mass is 19.1. The van der Waals surface area contributed by atoms with Gasteiger partial charge in [0.1, 0.15) is 5.82 Å². The lowest BCUT2D eigenvalue weighted by molar-refractivity contribution is 0.236. The standard InChI is InChI=1S/C17H17FN4O/c1-12-3-2-4-15(11-12)20-16-19-9-10-22(16)17(23)21-14-7-5-13(18)6-8-14/h2-8,11H,9-10H2,1H3,(H,19,20)(H,21,23). The van der Waals surface area contributed by atoms with Crippen LogP contribution in [0.4, 0.5) is 20.6 Å². The summed E-state index contributed by atoms with van der Waals surface area (Å²) >= 11 is 0. The Morgan fingerprint density at radius 1 is 1.26 bits per heavy atom. The SMILES string of the molecule is Cc1cccc(/N=C2\NCCN2C(=O)Nc2ccc(F)cc2)c1. The number of guanidine groups is 1. The van der Waals surface area contributed by atoms with E-state index in [-0.39, 0.29) is 11.8 Å². The summed E-state index contributed by atoms with van der Waals surface area (Å²) in [6, 6.07) is 13.1. The summed E-state index contributed by atoms with van der Waals surface area (Å²) in [6.45, 7) is 3.16. The van der Waals surface area contributed by atoms with Crippen molar-refractivity contribution in [1.82, 2.24) is 10.2 Å². The van der Waals surface area contributed by atoms with Crippen molar-refractivity contribution in [3.63, 3.8) is 0 Å². The Morgan fingerprint density at radius 2 is 2.04 bits per heavy atom. The second kappa shape index (κ2) is 6.48. The monoisotopic (exact) mass is 312 g/mol. The van der Waals surface area contributed by atoms with Crippen LogP contribution >= 0.6 is 0 Å². The van der Waals surface area contributed by atoms with Crippen LogP contribution in [0.1, 0.15) is 5.56 Å². The molecule has 1 fully saturated rings. The first kappa shape index (κ1) is 15.0. The van der Waals surface area contributed by atoms with E-state index in [4.69, 9.17) is 0 Å². The predicted molar refractivity (Wildman–Crippen MR) is 88.4 cm³/mol. The molecule has 0 spiro atoms. The Labute approximate surface area is 133 Å². The summed E-state index contributed by atoms with van der Waals surface area (Å²) < 4.78 is 12.9. The number of carbonyl (C=O) groups excluding carboxylic acids is 1. The van der Waals surface area contributed by atoms with Gasteiger partial charge in [-0.05, 0) is 48.9 Å².